The van der Waals surface area contributed by atoms with E-state index in [-0.39, 0.29) is 11.7 Å². The minimum Gasteiger partial charge on any atom is -0.352 e. The minimum absolute atomic E-state index is 0.0919. The number of rotatable bonds is 5. The molecule has 2 N–H and O–H groups in total. The van der Waals surface area contributed by atoms with Gasteiger partial charge in [0.25, 0.3) is 5.69 Å². The van der Waals surface area contributed by atoms with Crippen LogP contribution in [0.15, 0.2) is 46.8 Å². The van der Waals surface area contributed by atoms with Crippen LogP contribution in [0.5, 0.6) is 0 Å². The summed E-state index contributed by atoms with van der Waals surface area (Å²) in [5.41, 5.74) is 0.926. The Labute approximate surface area is 133 Å². The summed E-state index contributed by atoms with van der Waals surface area (Å²) >= 11 is 1.68. The molecule has 0 aliphatic carbocycles. The fourth-order valence-corrected chi connectivity index (χ4v) is 2.71. The Morgan fingerprint density at radius 3 is 2.86 bits per heavy atom. The second-order valence-electron chi connectivity index (χ2n) is 4.73. The molecule has 0 saturated carbocycles. The summed E-state index contributed by atoms with van der Waals surface area (Å²) < 4.78 is 0. The molecule has 0 bridgehead atoms. The number of thiophene rings is 1. The Morgan fingerprint density at radius 2 is 2.23 bits per heavy atom. The fourth-order valence-electron chi connectivity index (χ4n) is 1.97. The SMILES string of the molecule is CN=C(NCc1cccc([N+](=O)[O-])c1)NC(C)c1cccs1. The molecule has 1 heterocycles. The van der Waals surface area contributed by atoms with Gasteiger partial charge in [0.05, 0.1) is 11.0 Å². The lowest BCUT2D eigenvalue weighted by Crippen LogP contribution is -2.38. The third kappa shape index (κ3) is 4.29. The Kier molecular flexibility index (Phi) is 5.48. The van der Waals surface area contributed by atoms with E-state index in [0.29, 0.717) is 12.5 Å². The Bertz CT molecular complexity index is 655. The summed E-state index contributed by atoms with van der Waals surface area (Å²) in [5, 5.41) is 19.3. The van der Waals surface area contributed by atoms with Gasteiger partial charge in [-0.15, -0.1) is 11.3 Å². The molecule has 0 aliphatic rings. The van der Waals surface area contributed by atoms with Crippen LogP contribution in [-0.4, -0.2) is 17.9 Å². The van der Waals surface area contributed by atoms with E-state index in [1.54, 1.807) is 30.5 Å². The molecule has 116 valence electrons. The van der Waals surface area contributed by atoms with Crippen molar-refractivity contribution in [3.63, 3.8) is 0 Å². The van der Waals surface area contributed by atoms with Crippen molar-refractivity contribution in [2.45, 2.75) is 19.5 Å². The van der Waals surface area contributed by atoms with Crippen LogP contribution in [-0.2, 0) is 6.54 Å². The first kappa shape index (κ1) is 16.0. The second kappa shape index (κ2) is 7.56. The number of hydrogen-bond acceptors (Lipinski definition) is 4. The van der Waals surface area contributed by atoms with Gasteiger partial charge in [0.15, 0.2) is 5.96 Å². The highest BCUT2D eigenvalue weighted by molar-refractivity contribution is 7.10. The lowest BCUT2D eigenvalue weighted by Gasteiger charge is -2.16. The molecule has 22 heavy (non-hydrogen) atoms. The average molecular weight is 318 g/mol. The van der Waals surface area contributed by atoms with Gasteiger partial charge in [-0.05, 0) is 23.9 Å². The number of guanidine groups is 1. The lowest BCUT2D eigenvalue weighted by molar-refractivity contribution is -0.384. The molecule has 7 heteroatoms. The number of benzene rings is 1. The van der Waals surface area contributed by atoms with Crippen LogP contribution in [0.1, 0.15) is 23.4 Å². The highest BCUT2D eigenvalue weighted by Crippen LogP contribution is 2.18. The minimum atomic E-state index is -0.393. The van der Waals surface area contributed by atoms with Gasteiger partial charge in [0.1, 0.15) is 0 Å². The number of nitro benzene ring substituents is 1. The highest BCUT2D eigenvalue weighted by atomic mass is 32.1. The predicted octanol–water partition coefficient (Wildman–Crippen LogP) is 3.08. The van der Waals surface area contributed by atoms with Crippen LogP contribution in [0, 0.1) is 10.1 Å². The quantitative estimate of drug-likeness (QED) is 0.384. The standard InChI is InChI=1S/C15H18N4O2S/c1-11(14-7-4-8-22-14)18-15(16-2)17-10-12-5-3-6-13(9-12)19(20)21/h3-9,11H,10H2,1-2H3,(H2,16,17,18). The molecule has 0 amide bonds. The van der Waals surface area contributed by atoms with E-state index in [0.717, 1.165) is 5.56 Å². The van der Waals surface area contributed by atoms with Crippen molar-refractivity contribution in [3.8, 4) is 0 Å². The van der Waals surface area contributed by atoms with Gasteiger partial charge >= 0.3 is 0 Å². The Morgan fingerprint density at radius 1 is 1.41 bits per heavy atom. The maximum Gasteiger partial charge on any atom is 0.269 e. The molecular formula is C15H18N4O2S. The van der Waals surface area contributed by atoms with Crippen molar-refractivity contribution in [1.82, 2.24) is 10.6 Å². The normalized spacial score (nSPS) is 12.7. The van der Waals surface area contributed by atoms with Crippen LogP contribution >= 0.6 is 11.3 Å². The van der Waals surface area contributed by atoms with Gasteiger partial charge in [-0.3, -0.25) is 15.1 Å². The van der Waals surface area contributed by atoms with Crippen molar-refractivity contribution in [2.24, 2.45) is 4.99 Å². The average Bonchev–Trinajstić information content (AvgIpc) is 3.06. The smallest absolute Gasteiger partial charge is 0.269 e. The number of nitrogens with one attached hydrogen (secondary N) is 2. The summed E-state index contributed by atoms with van der Waals surface area (Å²) in [4.78, 5) is 15.8. The van der Waals surface area contributed by atoms with E-state index >= 15 is 0 Å². The van der Waals surface area contributed by atoms with Crippen LogP contribution in [0.4, 0.5) is 5.69 Å². The third-order valence-corrected chi connectivity index (χ3v) is 4.18. The number of non-ortho nitro benzene ring substituents is 1. The first-order valence-electron chi connectivity index (χ1n) is 6.84. The number of nitro groups is 1. The summed E-state index contributed by atoms with van der Waals surface area (Å²) in [5.74, 6) is 0.660. The van der Waals surface area contributed by atoms with E-state index in [1.807, 2.05) is 17.5 Å². The van der Waals surface area contributed by atoms with Crippen LogP contribution in [0.2, 0.25) is 0 Å². The zero-order valence-electron chi connectivity index (χ0n) is 12.4. The van der Waals surface area contributed by atoms with Crippen molar-refractivity contribution >= 4 is 23.0 Å². The zero-order chi connectivity index (χ0) is 15.9. The summed E-state index contributed by atoms with van der Waals surface area (Å²) in [6.45, 7) is 2.53. The van der Waals surface area contributed by atoms with Crippen LogP contribution < -0.4 is 10.6 Å². The molecule has 2 rings (SSSR count). The molecule has 0 saturated heterocycles. The molecule has 0 radical (unpaired) electrons. The molecule has 1 unspecified atom stereocenters. The Hall–Kier alpha value is -2.41. The van der Waals surface area contributed by atoms with E-state index in [1.165, 1.54) is 10.9 Å². The summed E-state index contributed by atoms with van der Waals surface area (Å²) in [7, 11) is 1.70. The van der Waals surface area contributed by atoms with Gasteiger partial charge in [-0.1, -0.05) is 18.2 Å². The number of hydrogen-bond donors (Lipinski definition) is 2. The van der Waals surface area contributed by atoms with Gasteiger partial charge in [0, 0.05) is 30.6 Å². The van der Waals surface area contributed by atoms with Crippen molar-refractivity contribution < 1.29 is 4.92 Å². The monoisotopic (exact) mass is 318 g/mol. The molecule has 0 spiro atoms. The summed E-state index contributed by atoms with van der Waals surface area (Å²) in [6.07, 6.45) is 0. The Balaban J connectivity index is 1.94. The predicted molar refractivity (Wildman–Crippen MR) is 89.2 cm³/mol. The topological polar surface area (TPSA) is 79.6 Å². The van der Waals surface area contributed by atoms with Crippen LogP contribution in [0.25, 0.3) is 0 Å². The molecule has 6 nitrogen and oxygen atoms in total. The molecule has 0 fully saturated rings. The maximum atomic E-state index is 10.8. The van der Waals surface area contributed by atoms with Gasteiger partial charge in [-0.2, -0.15) is 0 Å². The van der Waals surface area contributed by atoms with Gasteiger partial charge in [-0.25, -0.2) is 0 Å². The van der Waals surface area contributed by atoms with E-state index in [2.05, 4.69) is 28.6 Å². The number of nitrogens with zero attached hydrogens (tertiary/aromatic N) is 2. The molecule has 0 aliphatic heterocycles. The largest absolute Gasteiger partial charge is 0.352 e. The zero-order valence-corrected chi connectivity index (χ0v) is 13.3. The maximum absolute atomic E-state index is 10.8. The van der Waals surface area contributed by atoms with Gasteiger partial charge < -0.3 is 10.6 Å². The van der Waals surface area contributed by atoms with E-state index in [4.69, 9.17) is 0 Å². The van der Waals surface area contributed by atoms with Crippen molar-refractivity contribution in [1.29, 1.82) is 0 Å². The number of aliphatic imine (C=N–C) groups is 1. The van der Waals surface area contributed by atoms with Crippen LogP contribution in [0.3, 0.4) is 0 Å². The van der Waals surface area contributed by atoms with Crippen molar-refractivity contribution in [2.75, 3.05) is 7.05 Å². The molecule has 1 aromatic carbocycles. The highest BCUT2D eigenvalue weighted by Gasteiger charge is 2.09. The van der Waals surface area contributed by atoms with E-state index in [9.17, 15) is 10.1 Å². The molecule has 1 atom stereocenters. The molecule has 2 aromatic rings. The first-order chi connectivity index (χ1) is 10.6. The van der Waals surface area contributed by atoms with Crippen molar-refractivity contribution in [3.05, 3.63) is 62.3 Å². The van der Waals surface area contributed by atoms with E-state index < -0.39 is 4.92 Å². The first-order valence-corrected chi connectivity index (χ1v) is 7.72. The molecular weight excluding hydrogens is 300 g/mol. The lowest BCUT2D eigenvalue weighted by atomic mass is 10.2. The van der Waals surface area contributed by atoms with Gasteiger partial charge in [0.2, 0.25) is 0 Å². The fraction of sp³-hybridized carbons (Fsp3) is 0.267. The second-order valence-corrected chi connectivity index (χ2v) is 5.71. The summed E-state index contributed by atoms with van der Waals surface area (Å²) in [6, 6.07) is 10.8. The third-order valence-electron chi connectivity index (χ3n) is 3.13. The molecule has 1 aromatic heterocycles.